The van der Waals surface area contributed by atoms with Crippen molar-refractivity contribution in [1.82, 2.24) is 4.68 Å². The first-order valence-electron chi connectivity index (χ1n) is 9.36. The first-order chi connectivity index (χ1) is 14.3. The Hall–Kier alpha value is -3.40. The molecule has 1 aliphatic carbocycles. The van der Waals surface area contributed by atoms with Crippen LogP contribution in [-0.2, 0) is 10.0 Å². The van der Waals surface area contributed by atoms with Gasteiger partial charge in [0.1, 0.15) is 5.66 Å². The van der Waals surface area contributed by atoms with E-state index < -0.39 is 32.8 Å². The zero-order valence-electron chi connectivity index (χ0n) is 15.8. The maximum Gasteiger partial charge on any atom is 0.340 e. The second kappa shape index (κ2) is 7.13. The summed E-state index contributed by atoms with van der Waals surface area (Å²) in [6.07, 6.45) is 2.13. The molecule has 1 aliphatic rings. The first-order valence-corrected chi connectivity index (χ1v) is 10.8. The Labute approximate surface area is 171 Å². The molecule has 0 atom stereocenters. The fourth-order valence-electron chi connectivity index (χ4n) is 3.82. The van der Waals surface area contributed by atoms with Crippen LogP contribution >= 0.6 is 0 Å². The van der Waals surface area contributed by atoms with Crippen molar-refractivity contribution in [1.29, 1.82) is 0 Å². The van der Waals surface area contributed by atoms with Gasteiger partial charge in [0.25, 0.3) is 10.0 Å². The highest BCUT2D eigenvalue weighted by atomic mass is 32.2. The van der Waals surface area contributed by atoms with Gasteiger partial charge in [-0.1, -0.05) is 18.2 Å². The quantitative estimate of drug-likeness (QED) is 0.430. The molecule has 0 radical (unpaired) electrons. The van der Waals surface area contributed by atoms with Crippen LogP contribution in [0, 0.1) is 0 Å². The van der Waals surface area contributed by atoms with Crippen LogP contribution in [0.1, 0.15) is 36.0 Å². The van der Waals surface area contributed by atoms with Crippen LogP contribution in [0.5, 0.6) is 0 Å². The lowest BCUT2D eigenvalue weighted by atomic mass is 10.1. The summed E-state index contributed by atoms with van der Waals surface area (Å²) in [5.74, 6) is -1.13. The maximum atomic E-state index is 13.7. The predicted molar refractivity (Wildman–Crippen MR) is 109 cm³/mol. The molecule has 1 aromatic heterocycles. The average molecular weight is 429 g/mol. The van der Waals surface area contributed by atoms with Crippen molar-refractivity contribution in [2.45, 2.75) is 36.2 Å². The van der Waals surface area contributed by atoms with Crippen molar-refractivity contribution in [2.24, 2.45) is 0 Å². The van der Waals surface area contributed by atoms with Gasteiger partial charge < -0.3 is 5.11 Å². The third-order valence-corrected chi connectivity index (χ3v) is 7.22. The summed E-state index contributed by atoms with van der Waals surface area (Å²) in [5.41, 5.74) is 0.413. The van der Waals surface area contributed by atoms with Gasteiger partial charge in [-0.05, 0) is 62.1 Å². The SMILES string of the molecule is O=C(O)c1ccc(N(C2(Nn3c(=O)c3=O)CCCC2)S(=O)(=O)c2ccccc2)cc1. The van der Waals surface area contributed by atoms with Gasteiger partial charge in [-0.25, -0.2) is 17.5 Å². The zero-order chi connectivity index (χ0) is 21.5. The standard InChI is InChI=1S/C20H19N3O6S/c24-17-18(25)22(17)21-20(12-4-5-13-20)23(15-10-8-14(9-11-15)19(26)27)30(28,29)16-6-2-1-3-7-16/h1-3,6-11,21H,4-5,12-13H2,(H,26,27). The fraction of sp³-hybridized carbons (Fsp3) is 0.250. The van der Waals surface area contributed by atoms with Crippen LogP contribution in [0.3, 0.4) is 0 Å². The minimum Gasteiger partial charge on any atom is -0.478 e. The average Bonchev–Trinajstić information content (AvgIpc) is 3.09. The van der Waals surface area contributed by atoms with Crippen molar-refractivity contribution in [3.8, 4) is 0 Å². The second-order valence-electron chi connectivity index (χ2n) is 7.23. The van der Waals surface area contributed by atoms with Crippen LogP contribution in [0.15, 0.2) is 69.1 Å². The summed E-state index contributed by atoms with van der Waals surface area (Å²) >= 11 is 0. The molecule has 1 saturated carbocycles. The number of sulfonamides is 1. The Kier molecular flexibility index (Phi) is 4.73. The molecule has 2 N–H and O–H groups in total. The Morgan fingerprint density at radius 1 is 0.967 bits per heavy atom. The third kappa shape index (κ3) is 3.28. The molecule has 30 heavy (non-hydrogen) atoms. The van der Waals surface area contributed by atoms with Crippen LogP contribution in [0.4, 0.5) is 5.69 Å². The van der Waals surface area contributed by atoms with E-state index >= 15 is 0 Å². The molecule has 0 bridgehead atoms. The summed E-state index contributed by atoms with van der Waals surface area (Å²) < 4.78 is 29.4. The van der Waals surface area contributed by atoms with E-state index in [4.69, 9.17) is 0 Å². The van der Waals surface area contributed by atoms with E-state index in [2.05, 4.69) is 5.43 Å². The molecule has 0 saturated heterocycles. The van der Waals surface area contributed by atoms with Gasteiger partial charge in [-0.15, -0.1) is 0 Å². The number of aromatic carboxylic acids is 1. The molecular weight excluding hydrogens is 410 g/mol. The second-order valence-corrected chi connectivity index (χ2v) is 9.02. The molecular formula is C20H19N3O6S. The van der Waals surface area contributed by atoms with Crippen LogP contribution in [-0.4, -0.2) is 29.8 Å². The largest absolute Gasteiger partial charge is 0.478 e. The highest BCUT2D eigenvalue weighted by molar-refractivity contribution is 7.93. The van der Waals surface area contributed by atoms with Crippen LogP contribution < -0.4 is 20.8 Å². The predicted octanol–water partition coefficient (Wildman–Crippen LogP) is 1.49. The number of carboxylic acids is 1. The van der Waals surface area contributed by atoms with E-state index in [0.717, 1.165) is 4.68 Å². The Morgan fingerprint density at radius 3 is 2.03 bits per heavy atom. The third-order valence-electron chi connectivity index (χ3n) is 5.31. The Bertz CT molecular complexity index is 1230. The van der Waals surface area contributed by atoms with Crippen molar-refractivity contribution >= 4 is 21.7 Å². The van der Waals surface area contributed by atoms with Crippen molar-refractivity contribution < 1.29 is 18.3 Å². The number of carbonyl (C=O) groups is 1. The number of hydrogen-bond acceptors (Lipinski definition) is 6. The van der Waals surface area contributed by atoms with Gasteiger partial charge in [-0.2, -0.15) is 4.68 Å². The number of nitrogens with zero attached hydrogens (tertiary/aromatic N) is 2. The molecule has 0 spiro atoms. The molecule has 156 valence electrons. The number of rotatable bonds is 7. The molecule has 1 fully saturated rings. The fourth-order valence-corrected chi connectivity index (χ4v) is 5.61. The number of anilines is 1. The smallest absolute Gasteiger partial charge is 0.340 e. The summed E-state index contributed by atoms with van der Waals surface area (Å²) in [5, 5.41) is 9.17. The lowest BCUT2D eigenvalue weighted by Gasteiger charge is -2.41. The molecule has 10 heteroatoms. The van der Waals surface area contributed by atoms with E-state index in [1.807, 2.05) is 0 Å². The number of hydrogen-bond donors (Lipinski definition) is 2. The minimum atomic E-state index is -4.11. The normalized spacial score (nSPS) is 15.9. The molecule has 2 aromatic carbocycles. The molecule has 9 nitrogen and oxygen atoms in total. The molecule has 3 aromatic rings. The Balaban J connectivity index is 1.88. The van der Waals surface area contributed by atoms with Gasteiger partial charge in [-0.3, -0.25) is 15.0 Å². The molecule has 1 heterocycles. The number of aromatic nitrogens is 1. The Morgan fingerprint density at radius 2 is 1.53 bits per heavy atom. The zero-order valence-corrected chi connectivity index (χ0v) is 16.6. The minimum absolute atomic E-state index is 0.0144. The van der Waals surface area contributed by atoms with E-state index in [0.29, 0.717) is 25.7 Å². The highest BCUT2D eigenvalue weighted by Gasteiger charge is 2.48. The van der Waals surface area contributed by atoms with E-state index in [9.17, 15) is 27.9 Å². The molecule has 0 unspecified atom stereocenters. The summed E-state index contributed by atoms with van der Waals surface area (Å²) in [4.78, 5) is 34.5. The van der Waals surface area contributed by atoms with Crippen molar-refractivity contribution in [3.05, 3.63) is 80.9 Å². The number of carboxylic acid groups (broad SMARTS) is 1. The van der Waals surface area contributed by atoms with E-state index in [1.165, 1.54) is 40.7 Å². The lowest BCUT2D eigenvalue weighted by molar-refractivity contribution is 0.0697. The summed E-state index contributed by atoms with van der Waals surface area (Å²) in [6.45, 7) is 0. The number of nitrogens with one attached hydrogen (secondary N) is 1. The van der Waals surface area contributed by atoms with Crippen LogP contribution in [0.25, 0.3) is 0 Å². The van der Waals surface area contributed by atoms with E-state index in [-0.39, 0.29) is 16.1 Å². The summed E-state index contributed by atoms with van der Waals surface area (Å²) in [6, 6.07) is 13.3. The van der Waals surface area contributed by atoms with E-state index in [1.54, 1.807) is 18.2 Å². The first kappa shape index (κ1) is 19.9. The van der Waals surface area contributed by atoms with Gasteiger partial charge in [0.2, 0.25) is 0 Å². The van der Waals surface area contributed by atoms with Crippen LogP contribution in [0.2, 0.25) is 0 Å². The van der Waals surface area contributed by atoms with Gasteiger partial charge >= 0.3 is 17.1 Å². The van der Waals surface area contributed by atoms with Crippen molar-refractivity contribution in [3.63, 3.8) is 0 Å². The van der Waals surface area contributed by atoms with Gasteiger partial charge in [0.15, 0.2) is 0 Å². The van der Waals surface area contributed by atoms with Gasteiger partial charge in [0.05, 0.1) is 16.1 Å². The lowest BCUT2D eigenvalue weighted by Crippen LogP contribution is -2.58. The van der Waals surface area contributed by atoms with Gasteiger partial charge in [0, 0.05) is 0 Å². The molecule has 4 rings (SSSR count). The molecule has 0 aliphatic heterocycles. The highest BCUT2D eigenvalue weighted by Crippen LogP contribution is 2.40. The summed E-state index contributed by atoms with van der Waals surface area (Å²) in [7, 11) is -4.11. The van der Waals surface area contributed by atoms with Crippen molar-refractivity contribution in [2.75, 3.05) is 9.73 Å². The topological polar surface area (TPSA) is 126 Å². The molecule has 0 amide bonds. The number of benzene rings is 2. The maximum absolute atomic E-state index is 13.7. The monoisotopic (exact) mass is 429 g/mol.